The molecule has 0 atom stereocenters. The predicted octanol–water partition coefficient (Wildman–Crippen LogP) is 5.94. The molecule has 0 bridgehead atoms. The van der Waals surface area contributed by atoms with Crippen LogP contribution in [-0.2, 0) is 0 Å². The number of anilines is 2. The standard InChI is InChI=1S/C22H18ClN3OS/c1-26(2)16-7-5-6-14(12-16)21(27)24-18-11-10-15(13-17(18)23)22-25-19-8-3-4-9-20(19)28-22/h3-13H,1-2H3,(H,24,27). The van der Waals surface area contributed by atoms with Gasteiger partial charge in [0.05, 0.1) is 20.9 Å². The molecule has 0 saturated carbocycles. The van der Waals surface area contributed by atoms with E-state index in [1.54, 1.807) is 17.4 Å². The molecule has 0 spiro atoms. The van der Waals surface area contributed by atoms with Gasteiger partial charge in [0.25, 0.3) is 5.91 Å². The Balaban J connectivity index is 1.58. The first-order valence-corrected chi connectivity index (χ1v) is 9.95. The average molecular weight is 408 g/mol. The lowest BCUT2D eigenvalue weighted by Crippen LogP contribution is -2.14. The van der Waals surface area contributed by atoms with Gasteiger partial charge < -0.3 is 10.2 Å². The van der Waals surface area contributed by atoms with Gasteiger partial charge in [0, 0.05) is 30.9 Å². The van der Waals surface area contributed by atoms with Crippen LogP contribution in [0, 0.1) is 0 Å². The quantitative estimate of drug-likeness (QED) is 0.455. The van der Waals surface area contributed by atoms with Gasteiger partial charge in [-0.1, -0.05) is 29.8 Å². The molecule has 4 rings (SSSR count). The molecular weight excluding hydrogens is 390 g/mol. The van der Waals surface area contributed by atoms with Gasteiger partial charge >= 0.3 is 0 Å². The lowest BCUT2D eigenvalue weighted by molar-refractivity contribution is 0.102. The van der Waals surface area contributed by atoms with Crippen LogP contribution >= 0.6 is 22.9 Å². The van der Waals surface area contributed by atoms with Crippen LogP contribution in [0.15, 0.2) is 66.7 Å². The number of amides is 1. The van der Waals surface area contributed by atoms with Gasteiger partial charge in [-0.25, -0.2) is 4.98 Å². The molecule has 140 valence electrons. The fourth-order valence-corrected chi connectivity index (χ4v) is 4.05. The number of benzene rings is 3. The molecule has 28 heavy (non-hydrogen) atoms. The fourth-order valence-electron chi connectivity index (χ4n) is 2.86. The van der Waals surface area contributed by atoms with E-state index in [1.165, 1.54) is 0 Å². The first kappa shape index (κ1) is 18.5. The number of nitrogens with zero attached hydrogens (tertiary/aromatic N) is 2. The molecule has 4 aromatic rings. The highest BCUT2D eigenvalue weighted by Gasteiger charge is 2.12. The first-order valence-electron chi connectivity index (χ1n) is 8.75. The third kappa shape index (κ3) is 3.72. The molecule has 0 aliphatic heterocycles. The van der Waals surface area contributed by atoms with Crippen LogP contribution in [0.3, 0.4) is 0 Å². The summed E-state index contributed by atoms with van der Waals surface area (Å²) in [6.45, 7) is 0. The van der Waals surface area contributed by atoms with Crippen molar-refractivity contribution in [1.29, 1.82) is 0 Å². The normalized spacial score (nSPS) is 10.8. The smallest absolute Gasteiger partial charge is 0.255 e. The van der Waals surface area contributed by atoms with Crippen LogP contribution in [0.4, 0.5) is 11.4 Å². The Morgan fingerprint density at radius 3 is 2.61 bits per heavy atom. The fraction of sp³-hybridized carbons (Fsp3) is 0.0909. The van der Waals surface area contributed by atoms with E-state index in [0.717, 1.165) is 26.5 Å². The highest BCUT2D eigenvalue weighted by atomic mass is 35.5. The summed E-state index contributed by atoms with van der Waals surface area (Å²) in [7, 11) is 3.88. The summed E-state index contributed by atoms with van der Waals surface area (Å²) in [4.78, 5) is 19.2. The molecule has 1 aromatic heterocycles. The van der Waals surface area contributed by atoms with Crippen molar-refractivity contribution in [3.05, 3.63) is 77.3 Å². The maximum absolute atomic E-state index is 12.6. The monoisotopic (exact) mass is 407 g/mol. The van der Waals surface area contributed by atoms with Crippen molar-refractivity contribution in [2.45, 2.75) is 0 Å². The zero-order valence-corrected chi connectivity index (χ0v) is 17.0. The molecule has 3 aromatic carbocycles. The van der Waals surface area contributed by atoms with Crippen molar-refractivity contribution in [3.8, 4) is 10.6 Å². The lowest BCUT2D eigenvalue weighted by atomic mass is 10.1. The Morgan fingerprint density at radius 2 is 1.86 bits per heavy atom. The summed E-state index contributed by atoms with van der Waals surface area (Å²) in [5, 5.41) is 4.27. The minimum atomic E-state index is -0.196. The van der Waals surface area contributed by atoms with E-state index < -0.39 is 0 Å². The summed E-state index contributed by atoms with van der Waals surface area (Å²) in [6, 6.07) is 21.0. The highest BCUT2D eigenvalue weighted by molar-refractivity contribution is 7.21. The van der Waals surface area contributed by atoms with E-state index in [1.807, 2.05) is 73.6 Å². The Hall–Kier alpha value is -2.89. The molecule has 1 amide bonds. The van der Waals surface area contributed by atoms with Crippen LogP contribution in [-0.4, -0.2) is 25.0 Å². The average Bonchev–Trinajstić information content (AvgIpc) is 3.13. The molecule has 6 heteroatoms. The Morgan fingerprint density at radius 1 is 1.04 bits per heavy atom. The third-order valence-electron chi connectivity index (χ3n) is 4.38. The van der Waals surface area contributed by atoms with Crippen molar-refractivity contribution in [1.82, 2.24) is 4.98 Å². The molecule has 1 heterocycles. The number of nitrogens with one attached hydrogen (secondary N) is 1. The predicted molar refractivity (Wildman–Crippen MR) is 119 cm³/mol. The Labute approximate surface area is 172 Å². The number of fused-ring (bicyclic) bond motifs is 1. The van der Waals surface area contributed by atoms with Gasteiger partial charge in [0.1, 0.15) is 5.01 Å². The van der Waals surface area contributed by atoms with Gasteiger partial charge in [-0.3, -0.25) is 4.79 Å². The summed E-state index contributed by atoms with van der Waals surface area (Å²) < 4.78 is 1.13. The van der Waals surface area contributed by atoms with Crippen molar-refractivity contribution in [2.24, 2.45) is 0 Å². The molecule has 1 N–H and O–H groups in total. The lowest BCUT2D eigenvalue weighted by Gasteiger charge is -2.14. The highest BCUT2D eigenvalue weighted by Crippen LogP contribution is 2.34. The second kappa shape index (κ2) is 7.62. The maximum Gasteiger partial charge on any atom is 0.255 e. The van der Waals surface area contributed by atoms with Crippen LogP contribution in [0.2, 0.25) is 5.02 Å². The van der Waals surface area contributed by atoms with Gasteiger partial charge in [0.2, 0.25) is 0 Å². The van der Waals surface area contributed by atoms with Crippen LogP contribution in [0.5, 0.6) is 0 Å². The molecule has 0 saturated heterocycles. The molecular formula is C22H18ClN3OS. The van der Waals surface area contributed by atoms with Crippen molar-refractivity contribution >= 4 is 50.4 Å². The number of carbonyl (C=O) groups excluding carboxylic acids is 1. The number of aromatic nitrogens is 1. The number of halogens is 1. The minimum Gasteiger partial charge on any atom is -0.378 e. The zero-order valence-electron chi connectivity index (χ0n) is 15.4. The van der Waals surface area contributed by atoms with Crippen LogP contribution < -0.4 is 10.2 Å². The van der Waals surface area contributed by atoms with Crippen LogP contribution in [0.25, 0.3) is 20.8 Å². The maximum atomic E-state index is 12.6. The van der Waals surface area contributed by atoms with Gasteiger partial charge in [-0.2, -0.15) is 0 Å². The largest absolute Gasteiger partial charge is 0.378 e. The van der Waals surface area contributed by atoms with Gasteiger partial charge in [-0.05, 0) is 48.5 Å². The molecule has 0 radical (unpaired) electrons. The first-order chi connectivity index (χ1) is 13.5. The molecule has 0 aliphatic carbocycles. The summed E-state index contributed by atoms with van der Waals surface area (Å²) >= 11 is 8.06. The van der Waals surface area contributed by atoms with Gasteiger partial charge in [0.15, 0.2) is 0 Å². The van der Waals surface area contributed by atoms with Crippen molar-refractivity contribution in [3.63, 3.8) is 0 Å². The van der Waals surface area contributed by atoms with Gasteiger partial charge in [-0.15, -0.1) is 11.3 Å². The Bertz CT molecular complexity index is 1140. The zero-order chi connectivity index (χ0) is 19.7. The molecule has 4 nitrogen and oxygen atoms in total. The van der Waals surface area contributed by atoms with E-state index in [2.05, 4.69) is 16.4 Å². The topological polar surface area (TPSA) is 45.2 Å². The minimum absolute atomic E-state index is 0.196. The number of hydrogen-bond acceptors (Lipinski definition) is 4. The van der Waals surface area contributed by atoms with Crippen molar-refractivity contribution in [2.75, 3.05) is 24.3 Å². The van der Waals surface area contributed by atoms with Crippen LogP contribution in [0.1, 0.15) is 10.4 Å². The number of thiazole rings is 1. The summed E-state index contributed by atoms with van der Waals surface area (Å²) in [6.07, 6.45) is 0. The van der Waals surface area contributed by atoms with E-state index >= 15 is 0 Å². The summed E-state index contributed by atoms with van der Waals surface area (Å²) in [5.74, 6) is -0.196. The third-order valence-corrected chi connectivity index (χ3v) is 5.78. The molecule has 0 fully saturated rings. The van der Waals surface area contributed by atoms with E-state index in [-0.39, 0.29) is 5.91 Å². The molecule has 0 unspecified atom stereocenters. The number of hydrogen-bond donors (Lipinski definition) is 1. The SMILES string of the molecule is CN(C)c1cccc(C(=O)Nc2ccc(-c3nc4ccccc4s3)cc2Cl)c1. The summed E-state index contributed by atoms with van der Waals surface area (Å²) in [5.41, 5.74) is 4.02. The van der Waals surface area contributed by atoms with E-state index in [4.69, 9.17) is 11.6 Å². The van der Waals surface area contributed by atoms with Crippen molar-refractivity contribution < 1.29 is 4.79 Å². The van der Waals surface area contributed by atoms with E-state index in [9.17, 15) is 4.79 Å². The number of carbonyl (C=O) groups is 1. The van der Waals surface area contributed by atoms with E-state index in [0.29, 0.717) is 16.3 Å². The Kier molecular flexibility index (Phi) is 5.03. The number of para-hydroxylation sites is 1. The second-order valence-corrected chi connectivity index (χ2v) is 8.02. The molecule has 0 aliphatic rings. The number of rotatable bonds is 4. The second-order valence-electron chi connectivity index (χ2n) is 6.58.